The number of halogens is 2. The molecule has 0 saturated heterocycles. The van der Waals surface area contributed by atoms with E-state index in [1.807, 2.05) is 6.07 Å². The molecule has 0 atom stereocenters. The average Bonchev–Trinajstić information content (AvgIpc) is 3.15. The number of tetrazole rings is 1. The molecule has 0 aliphatic carbocycles. The Bertz CT molecular complexity index is 1110. The molecule has 0 radical (unpaired) electrons. The minimum atomic E-state index is -0.683. The number of carbonyl (C=O) groups excluding carboxylic acids is 1. The Balaban J connectivity index is 1.51. The van der Waals surface area contributed by atoms with Crippen LogP contribution in [-0.2, 0) is 7.05 Å². The first-order valence-electron chi connectivity index (χ1n) is 9.31. The number of rotatable bonds is 4. The SMILES string of the molecule is CC1=C(c2ccc(NC(=O)c3c(F)cccc3Cl)nc2)CN(c2nnn(C)n2)CC1. The molecule has 0 saturated carbocycles. The van der Waals surface area contributed by atoms with Crippen molar-refractivity contribution in [2.24, 2.45) is 7.05 Å². The second kappa shape index (κ2) is 8.19. The summed E-state index contributed by atoms with van der Waals surface area (Å²) in [5.41, 5.74) is 3.11. The number of carbonyl (C=O) groups is 1. The molecule has 1 N–H and O–H groups in total. The molecule has 0 fully saturated rings. The number of benzene rings is 1. The van der Waals surface area contributed by atoms with Gasteiger partial charge in [0.25, 0.3) is 11.9 Å². The number of anilines is 2. The monoisotopic (exact) mass is 427 g/mol. The lowest BCUT2D eigenvalue weighted by Crippen LogP contribution is -2.31. The van der Waals surface area contributed by atoms with Gasteiger partial charge in [0.15, 0.2) is 0 Å². The van der Waals surface area contributed by atoms with Gasteiger partial charge in [-0.1, -0.05) is 28.3 Å². The number of aromatic nitrogens is 5. The van der Waals surface area contributed by atoms with Gasteiger partial charge in [0.05, 0.1) is 17.6 Å². The highest BCUT2D eigenvalue weighted by atomic mass is 35.5. The molecule has 1 aromatic carbocycles. The van der Waals surface area contributed by atoms with Gasteiger partial charge in [-0.25, -0.2) is 9.37 Å². The van der Waals surface area contributed by atoms with Gasteiger partial charge in [-0.05, 0) is 54.0 Å². The van der Waals surface area contributed by atoms with Crippen LogP contribution in [0.25, 0.3) is 5.57 Å². The normalized spacial score (nSPS) is 14.2. The van der Waals surface area contributed by atoms with Gasteiger partial charge in [-0.2, -0.15) is 4.80 Å². The Labute approximate surface area is 177 Å². The number of nitrogens with zero attached hydrogens (tertiary/aromatic N) is 6. The lowest BCUT2D eigenvalue weighted by molar-refractivity contribution is 0.102. The third-order valence-corrected chi connectivity index (χ3v) is 5.26. The van der Waals surface area contributed by atoms with Gasteiger partial charge in [-0.3, -0.25) is 4.79 Å². The first kappa shape index (κ1) is 20.0. The first-order valence-corrected chi connectivity index (χ1v) is 9.69. The van der Waals surface area contributed by atoms with Crippen molar-refractivity contribution in [3.05, 3.63) is 64.1 Å². The van der Waals surface area contributed by atoms with Crippen molar-refractivity contribution in [2.45, 2.75) is 13.3 Å². The minimum absolute atomic E-state index is 0.0461. The molecule has 0 spiro atoms. The molecule has 30 heavy (non-hydrogen) atoms. The van der Waals surface area contributed by atoms with Crippen LogP contribution in [0.4, 0.5) is 16.2 Å². The fourth-order valence-electron chi connectivity index (χ4n) is 3.31. The van der Waals surface area contributed by atoms with E-state index in [9.17, 15) is 9.18 Å². The number of pyridine rings is 1. The lowest BCUT2D eigenvalue weighted by Gasteiger charge is -2.28. The van der Waals surface area contributed by atoms with E-state index in [2.05, 4.69) is 37.5 Å². The number of hydrogen-bond donors (Lipinski definition) is 1. The highest BCUT2D eigenvalue weighted by Crippen LogP contribution is 2.28. The number of amides is 1. The first-order chi connectivity index (χ1) is 14.4. The zero-order valence-electron chi connectivity index (χ0n) is 16.4. The van der Waals surface area contributed by atoms with Crippen molar-refractivity contribution in [3.63, 3.8) is 0 Å². The molecule has 4 rings (SSSR count). The van der Waals surface area contributed by atoms with Gasteiger partial charge in [0.1, 0.15) is 11.6 Å². The Hall–Kier alpha value is -3.33. The number of hydrogen-bond acceptors (Lipinski definition) is 6. The summed E-state index contributed by atoms with van der Waals surface area (Å²) in [7, 11) is 1.73. The topological polar surface area (TPSA) is 88.8 Å². The summed E-state index contributed by atoms with van der Waals surface area (Å²) in [4.78, 5) is 20.2. The summed E-state index contributed by atoms with van der Waals surface area (Å²) in [5.74, 6) is -0.436. The maximum Gasteiger partial charge on any atom is 0.266 e. The molecule has 1 amide bonds. The van der Waals surface area contributed by atoms with E-state index in [-0.39, 0.29) is 10.6 Å². The molecular weight excluding hydrogens is 409 g/mol. The molecule has 0 bridgehead atoms. The van der Waals surface area contributed by atoms with Crippen LogP contribution in [-0.4, -0.2) is 44.2 Å². The van der Waals surface area contributed by atoms with Crippen LogP contribution in [0.2, 0.25) is 5.02 Å². The molecular formula is C20H19ClFN7O. The van der Waals surface area contributed by atoms with Crippen LogP contribution >= 0.6 is 11.6 Å². The molecule has 8 nitrogen and oxygen atoms in total. The molecule has 10 heteroatoms. The molecule has 1 aliphatic heterocycles. The highest BCUT2D eigenvalue weighted by Gasteiger charge is 2.22. The van der Waals surface area contributed by atoms with Gasteiger partial charge < -0.3 is 10.2 Å². The fourth-order valence-corrected chi connectivity index (χ4v) is 3.56. The van der Waals surface area contributed by atoms with Crippen molar-refractivity contribution in [3.8, 4) is 0 Å². The standard InChI is InChI=1S/C20H19ClFN7O/c1-12-8-9-29(20-25-27-28(2)26-20)11-14(12)13-6-7-17(23-10-13)24-19(30)18-15(21)4-3-5-16(18)22/h3-7,10H,8-9,11H2,1-2H3,(H,23,24,30). The molecule has 2 aromatic heterocycles. The second-order valence-electron chi connectivity index (χ2n) is 6.99. The van der Waals surface area contributed by atoms with Crippen LogP contribution in [0.3, 0.4) is 0 Å². The van der Waals surface area contributed by atoms with Crippen LogP contribution in [0, 0.1) is 5.82 Å². The summed E-state index contributed by atoms with van der Waals surface area (Å²) in [5, 5.41) is 14.9. The van der Waals surface area contributed by atoms with Crippen LogP contribution < -0.4 is 10.2 Å². The predicted octanol–water partition coefficient (Wildman–Crippen LogP) is 3.33. The van der Waals surface area contributed by atoms with E-state index in [1.54, 1.807) is 19.3 Å². The third kappa shape index (κ3) is 4.02. The van der Waals surface area contributed by atoms with Gasteiger partial charge in [-0.15, -0.1) is 5.10 Å². The van der Waals surface area contributed by atoms with Crippen LogP contribution in [0.5, 0.6) is 0 Å². The highest BCUT2D eigenvalue weighted by molar-refractivity contribution is 6.34. The smallest absolute Gasteiger partial charge is 0.266 e. The minimum Gasteiger partial charge on any atom is -0.334 e. The van der Waals surface area contributed by atoms with E-state index < -0.39 is 11.7 Å². The lowest BCUT2D eigenvalue weighted by atomic mass is 9.96. The van der Waals surface area contributed by atoms with E-state index >= 15 is 0 Å². The molecule has 3 heterocycles. The maximum absolute atomic E-state index is 13.9. The molecule has 154 valence electrons. The second-order valence-corrected chi connectivity index (χ2v) is 7.40. The van der Waals surface area contributed by atoms with Crippen LogP contribution in [0.1, 0.15) is 29.3 Å². The van der Waals surface area contributed by atoms with E-state index in [0.717, 1.165) is 24.1 Å². The van der Waals surface area contributed by atoms with E-state index in [1.165, 1.54) is 28.6 Å². The largest absolute Gasteiger partial charge is 0.334 e. The zero-order chi connectivity index (χ0) is 21.3. The van der Waals surface area contributed by atoms with Crippen molar-refractivity contribution >= 4 is 34.8 Å². The number of nitrogens with one attached hydrogen (secondary N) is 1. The van der Waals surface area contributed by atoms with Gasteiger partial charge >= 0.3 is 0 Å². The van der Waals surface area contributed by atoms with Crippen molar-refractivity contribution in [1.29, 1.82) is 0 Å². The zero-order valence-corrected chi connectivity index (χ0v) is 17.2. The Morgan fingerprint density at radius 3 is 2.77 bits per heavy atom. The summed E-state index contributed by atoms with van der Waals surface area (Å²) in [6.45, 7) is 3.54. The third-order valence-electron chi connectivity index (χ3n) is 4.94. The molecule has 0 unspecified atom stereocenters. The summed E-state index contributed by atoms with van der Waals surface area (Å²) in [6.07, 6.45) is 2.56. The summed E-state index contributed by atoms with van der Waals surface area (Å²) < 4.78 is 13.9. The van der Waals surface area contributed by atoms with Crippen molar-refractivity contribution in [1.82, 2.24) is 25.2 Å². The van der Waals surface area contributed by atoms with E-state index in [0.29, 0.717) is 18.3 Å². The maximum atomic E-state index is 13.9. The summed E-state index contributed by atoms with van der Waals surface area (Å²) in [6, 6.07) is 7.65. The number of aryl methyl sites for hydroxylation is 1. The molecule has 3 aromatic rings. The van der Waals surface area contributed by atoms with Gasteiger partial charge in [0.2, 0.25) is 0 Å². The quantitative estimate of drug-likeness (QED) is 0.687. The Kier molecular flexibility index (Phi) is 5.45. The van der Waals surface area contributed by atoms with Gasteiger partial charge in [0, 0.05) is 19.3 Å². The molecule has 1 aliphatic rings. The Morgan fingerprint density at radius 1 is 1.27 bits per heavy atom. The van der Waals surface area contributed by atoms with E-state index in [4.69, 9.17) is 11.6 Å². The Morgan fingerprint density at radius 2 is 2.10 bits per heavy atom. The fraction of sp³-hybridized carbons (Fsp3) is 0.250. The summed E-state index contributed by atoms with van der Waals surface area (Å²) >= 11 is 5.95. The average molecular weight is 428 g/mol. The van der Waals surface area contributed by atoms with Crippen molar-refractivity contribution < 1.29 is 9.18 Å². The van der Waals surface area contributed by atoms with Crippen molar-refractivity contribution in [2.75, 3.05) is 23.3 Å². The van der Waals surface area contributed by atoms with Crippen LogP contribution in [0.15, 0.2) is 42.1 Å². The predicted molar refractivity (Wildman–Crippen MR) is 112 cm³/mol.